The number of sulfonamides is 1. The number of nitrogens with zero attached hydrogens (tertiary/aromatic N) is 2. The average molecular weight is 532 g/mol. The number of nitrogens with one attached hydrogen (secondary N) is 1. The summed E-state index contributed by atoms with van der Waals surface area (Å²) in [7, 11) is -3.46. The van der Waals surface area contributed by atoms with Gasteiger partial charge in [0.1, 0.15) is 0 Å². The van der Waals surface area contributed by atoms with Crippen molar-refractivity contribution in [3.8, 4) is 26.7 Å². The molecule has 0 radical (unpaired) electrons. The smallest absolute Gasteiger partial charge is 0.284 e. The number of hydrogen-bond acceptors (Lipinski definition) is 4. The van der Waals surface area contributed by atoms with Gasteiger partial charge in [-0.05, 0) is 54.1 Å². The molecule has 0 spiro atoms. The Kier molecular flexibility index (Phi) is 6.21. The third kappa shape index (κ3) is 5.35. The lowest BCUT2D eigenvalue weighted by molar-refractivity contribution is -0.141. The summed E-state index contributed by atoms with van der Waals surface area (Å²) in [6.07, 6.45) is -3.61. The van der Waals surface area contributed by atoms with E-state index in [0.29, 0.717) is 21.2 Å². The molecule has 0 saturated carbocycles. The highest BCUT2D eigenvalue weighted by Gasteiger charge is 2.35. The molecule has 2 aromatic heterocycles. The van der Waals surface area contributed by atoms with Crippen molar-refractivity contribution >= 4 is 50.2 Å². The molecule has 0 amide bonds. The molecule has 33 heavy (non-hydrogen) atoms. The van der Waals surface area contributed by atoms with Crippen LogP contribution in [-0.2, 0) is 16.2 Å². The zero-order valence-corrected chi connectivity index (χ0v) is 19.8. The fraction of sp³-hybridized carbons (Fsp3) is 0.0952. The second-order valence-corrected chi connectivity index (χ2v) is 10.7. The normalized spacial score (nSPS) is 12.2. The van der Waals surface area contributed by atoms with Gasteiger partial charge in [0, 0.05) is 15.6 Å². The molecule has 12 heteroatoms. The number of aromatic nitrogens is 2. The minimum absolute atomic E-state index is 0.188. The van der Waals surface area contributed by atoms with Gasteiger partial charge >= 0.3 is 6.18 Å². The standard InChI is InChI=1S/C21H14Cl2F3N3O2S2/c1-33(30,31)28-14-4-2-3-12(9-14)18-7-8-19(32-18)17-11-20(21(24,25)26)27-29(17)16-10-13(22)5-6-15(16)23/h2-11,28H,1H3. The number of anilines is 1. The molecule has 0 bridgehead atoms. The average Bonchev–Trinajstić information content (AvgIpc) is 3.35. The third-order valence-electron chi connectivity index (χ3n) is 4.44. The maximum absolute atomic E-state index is 13.5. The van der Waals surface area contributed by atoms with Crippen molar-refractivity contribution in [1.29, 1.82) is 0 Å². The van der Waals surface area contributed by atoms with Crippen molar-refractivity contribution in [2.24, 2.45) is 0 Å². The van der Waals surface area contributed by atoms with Crippen LogP contribution in [0, 0.1) is 0 Å². The van der Waals surface area contributed by atoms with Gasteiger partial charge in [-0.15, -0.1) is 11.3 Å². The fourth-order valence-electron chi connectivity index (χ4n) is 3.11. The second-order valence-electron chi connectivity index (χ2n) is 7.04. The number of benzene rings is 2. The van der Waals surface area contributed by atoms with E-state index >= 15 is 0 Å². The SMILES string of the molecule is CS(=O)(=O)Nc1cccc(-c2ccc(-c3cc(C(F)(F)F)nn3-c3cc(Cl)ccc3Cl)s2)c1. The maximum Gasteiger partial charge on any atom is 0.435 e. The van der Waals surface area contributed by atoms with E-state index in [4.69, 9.17) is 23.2 Å². The van der Waals surface area contributed by atoms with Crippen molar-refractivity contribution in [1.82, 2.24) is 9.78 Å². The van der Waals surface area contributed by atoms with Crippen LogP contribution >= 0.6 is 34.5 Å². The molecule has 2 aromatic carbocycles. The Morgan fingerprint density at radius 1 is 1.00 bits per heavy atom. The minimum Gasteiger partial charge on any atom is -0.284 e. The second kappa shape index (κ2) is 8.68. The molecule has 172 valence electrons. The van der Waals surface area contributed by atoms with Gasteiger partial charge in [0.2, 0.25) is 10.0 Å². The van der Waals surface area contributed by atoms with Gasteiger partial charge in [-0.2, -0.15) is 18.3 Å². The molecule has 0 aliphatic rings. The Hall–Kier alpha value is -2.53. The Bertz CT molecular complexity index is 1450. The molecule has 0 fully saturated rings. The van der Waals surface area contributed by atoms with Crippen LogP contribution in [0.15, 0.2) is 60.7 Å². The van der Waals surface area contributed by atoms with E-state index in [9.17, 15) is 21.6 Å². The van der Waals surface area contributed by atoms with Crippen molar-refractivity contribution in [3.63, 3.8) is 0 Å². The summed E-state index contributed by atoms with van der Waals surface area (Å²) in [5.41, 5.74) is 0.405. The number of hydrogen-bond donors (Lipinski definition) is 1. The van der Waals surface area contributed by atoms with Crippen LogP contribution in [0.2, 0.25) is 10.0 Å². The molecule has 0 saturated heterocycles. The summed E-state index contributed by atoms with van der Waals surface area (Å²) in [6.45, 7) is 0. The van der Waals surface area contributed by atoms with Gasteiger partial charge in [-0.25, -0.2) is 13.1 Å². The van der Waals surface area contributed by atoms with E-state index in [0.717, 1.165) is 21.9 Å². The molecule has 5 nitrogen and oxygen atoms in total. The highest BCUT2D eigenvalue weighted by atomic mass is 35.5. The zero-order chi connectivity index (χ0) is 24.0. The number of rotatable bonds is 5. The summed E-state index contributed by atoms with van der Waals surface area (Å²) in [4.78, 5) is 1.23. The first-order valence-electron chi connectivity index (χ1n) is 9.22. The van der Waals surface area contributed by atoms with Crippen LogP contribution in [0.4, 0.5) is 18.9 Å². The summed E-state index contributed by atoms with van der Waals surface area (Å²) in [6, 6.07) is 15.5. The third-order valence-corrected chi connectivity index (χ3v) is 6.76. The van der Waals surface area contributed by atoms with Gasteiger partial charge in [-0.3, -0.25) is 4.72 Å². The molecular weight excluding hydrogens is 518 g/mol. The number of thiophene rings is 1. The highest BCUT2D eigenvalue weighted by molar-refractivity contribution is 7.92. The molecule has 1 N–H and O–H groups in total. The Balaban J connectivity index is 1.81. The predicted molar refractivity (Wildman–Crippen MR) is 126 cm³/mol. The van der Waals surface area contributed by atoms with Gasteiger partial charge < -0.3 is 0 Å². The lowest BCUT2D eigenvalue weighted by Crippen LogP contribution is -2.09. The predicted octanol–water partition coefficient (Wildman–Crippen LogP) is 6.96. The van der Waals surface area contributed by atoms with Crippen LogP contribution < -0.4 is 4.72 Å². The summed E-state index contributed by atoms with van der Waals surface area (Å²) in [5.74, 6) is 0. The Morgan fingerprint density at radius 3 is 2.42 bits per heavy atom. The molecule has 0 atom stereocenters. The molecule has 0 aliphatic carbocycles. The summed E-state index contributed by atoms with van der Waals surface area (Å²) < 4.78 is 66.9. The number of halogens is 5. The zero-order valence-electron chi connectivity index (χ0n) is 16.7. The lowest BCUT2D eigenvalue weighted by Gasteiger charge is -2.09. The van der Waals surface area contributed by atoms with E-state index in [-0.39, 0.29) is 16.4 Å². The quantitative estimate of drug-likeness (QED) is 0.302. The maximum atomic E-state index is 13.5. The summed E-state index contributed by atoms with van der Waals surface area (Å²) in [5, 5.41) is 4.23. The Morgan fingerprint density at radius 2 is 1.73 bits per heavy atom. The number of alkyl halides is 3. The molecule has 4 aromatic rings. The van der Waals surface area contributed by atoms with E-state index in [1.54, 1.807) is 36.4 Å². The van der Waals surface area contributed by atoms with Crippen molar-refractivity contribution in [3.05, 3.63) is 76.4 Å². The van der Waals surface area contributed by atoms with E-state index in [1.165, 1.54) is 29.5 Å². The van der Waals surface area contributed by atoms with Gasteiger partial charge in [0.15, 0.2) is 5.69 Å². The van der Waals surface area contributed by atoms with Crippen molar-refractivity contribution < 1.29 is 21.6 Å². The van der Waals surface area contributed by atoms with E-state index < -0.39 is 21.9 Å². The molecule has 0 unspecified atom stereocenters. The van der Waals surface area contributed by atoms with Crippen molar-refractivity contribution in [2.75, 3.05) is 11.0 Å². The Labute approximate surface area is 201 Å². The van der Waals surface area contributed by atoms with Crippen LogP contribution in [-0.4, -0.2) is 24.5 Å². The van der Waals surface area contributed by atoms with Gasteiger partial charge in [-0.1, -0.05) is 35.3 Å². The van der Waals surface area contributed by atoms with Crippen LogP contribution in [0.3, 0.4) is 0 Å². The van der Waals surface area contributed by atoms with E-state index in [1.807, 2.05) is 0 Å². The van der Waals surface area contributed by atoms with Crippen LogP contribution in [0.5, 0.6) is 0 Å². The topological polar surface area (TPSA) is 64.0 Å². The molecular formula is C21H14Cl2F3N3O2S2. The molecule has 0 aliphatic heterocycles. The lowest BCUT2D eigenvalue weighted by atomic mass is 10.1. The monoisotopic (exact) mass is 531 g/mol. The van der Waals surface area contributed by atoms with Crippen LogP contribution in [0.1, 0.15) is 5.69 Å². The van der Waals surface area contributed by atoms with Gasteiger partial charge in [0.25, 0.3) is 0 Å². The minimum atomic E-state index is -4.66. The summed E-state index contributed by atoms with van der Waals surface area (Å²) >= 11 is 13.5. The molecule has 4 rings (SSSR count). The van der Waals surface area contributed by atoms with Crippen LogP contribution in [0.25, 0.3) is 26.7 Å². The first kappa shape index (κ1) is 23.6. The molecule has 2 heterocycles. The first-order valence-corrected chi connectivity index (χ1v) is 12.7. The van der Waals surface area contributed by atoms with Gasteiger partial charge in [0.05, 0.1) is 27.5 Å². The highest BCUT2D eigenvalue weighted by Crippen LogP contribution is 2.40. The van der Waals surface area contributed by atoms with Crippen molar-refractivity contribution in [2.45, 2.75) is 6.18 Å². The van der Waals surface area contributed by atoms with E-state index in [2.05, 4.69) is 9.82 Å². The largest absolute Gasteiger partial charge is 0.435 e. The fourth-order valence-corrected chi connectivity index (χ4v) is 5.03. The first-order chi connectivity index (χ1) is 15.4.